The summed E-state index contributed by atoms with van der Waals surface area (Å²) in [5.74, 6) is 1.60. The summed E-state index contributed by atoms with van der Waals surface area (Å²) in [4.78, 5) is 8.89. The Labute approximate surface area is 136 Å². The lowest BCUT2D eigenvalue weighted by Crippen LogP contribution is -2.39. The van der Waals surface area contributed by atoms with Crippen molar-refractivity contribution in [3.05, 3.63) is 42.1 Å². The first-order valence-electron chi connectivity index (χ1n) is 7.58. The van der Waals surface area contributed by atoms with Crippen LogP contribution in [0, 0.1) is 6.92 Å². The van der Waals surface area contributed by atoms with Crippen molar-refractivity contribution >= 4 is 10.2 Å². The van der Waals surface area contributed by atoms with Gasteiger partial charge in [-0.1, -0.05) is 6.07 Å². The summed E-state index contributed by atoms with van der Waals surface area (Å²) in [5, 5.41) is 0. The first kappa shape index (κ1) is 16.1. The second kappa shape index (κ2) is 6.03. The van der Waals surface area contributed by atoms with E-state index in [1.165, 1.54) is 4.31 Å². The number of hydrogen-bond donors (Lipinski definition) is 0. The summed E-state index contributed by atoms with van der Waals surface area (Å²) in [6, 6.07) is 5.49. The summed E-state index contributed by atoms with van der Waals surface area (Å²) in [6.45, 7) is 2.44. The molecule has 1 atom stereocenters. The number of aromatic nitrogens is 3. The monoisotopic (exact) mass is 335 g/mol. The van der Waals surface area contributed by atoms with E-state index in [2.05, 4.69) is 9.97 Å². The molecular weight excluding hydrogens is 314 g/mol. The molecule has 7 nitrogen and oxygen atoms in total. The molecule has 23 heavy (non-hydrogen) atoms. The third-order valence-electron chi connectivity index (χ3n) is 4.13. The molecule has 1 aliphatic rings. The van der Waals surface area contributed by atoms with Crippen molar-refractivity contribution in [1.29, 1.82) is 0 Å². The van der Waals surface area contributed by atoms with E-state index in [0.717, 1.165) is 30.2 Å². The van der Waals surface area contributed by atoms with Crippen LogP contribution in [0.2, 0.25) is 0 Å². The summed E-state index contributed by atoms with van der Waals surface area (Å²) in [6.07, 6.45) is 5.20. The fourth-order valence-corrected chi connectivity index (χ4v) is 4.22. The number of nitrogens with zero attached hydrogens (tertiary/aromatic N) is 5. The number of pyridine rings is 1. The molecule has 2 aromatic heterocycles. The van der Waals surface area contributed by atoms with Crippen LogP contribution in [0.5, 0.6) is 0 Å². The highest BCUT2D eigenvalue weighted by Crippen LogP contribution is 2.34. The summed E-state index contributed by atoms with van der Waals surface area (Å²) < 4.78 is 29.7. The Kier molecular flexibility index (Phi) is 4.22. The van der Waals surface area contributed by atoms with Crippen LogP contribution >= 0.6 is 0 Å². The molecule has 1 saturated heterocycles. The van der Waals surface area contributed by atoms with E-state index in [4.69, 9.17) is 0 Å². The molecule has 124 valence electrons. The smallest absolute Gasteiger partial charge is 0.282 e. The van der Waals surface area contributed by atoms with E-state index < -0.39 is 10.2 Å². The van der Waals surface area contributed by atoms with Gasteiger partial charge in [0, 0.05) is 33.0 Å². The van der Waals surface area contributed by atoms with Crippen molar-refractivity contribution in [2.45, 2.75) is 25.8 Å². The third-order valence-corrected chi connectivity index (χ3v) is 6.08. The molecule has 0 amide bonds. The van der Waals surface area contributed by atoms with Gasteiger partial charge in [0.05, 0.1) is 11.7 Å². The van der Waals surface area contributed by atoms with Crippen LogP contribution in [0.4, 0.5) is 0 Å². The van der Waals surface area contributed by atoms with E-state index in [9.17, 15) is 8.42 Å². The molecule has 8 heteroatoms. The SMILES string of the molecule is Cc1nccn1-c1cccc([C@@H]2CCCN2S(=O)(=O)N(C)C)n1. The van der Waals surface area contributed by atoms with Gasteiger partial charge in [-0.25, -0.2) is 9.97 Å². The lowest BCUT2D eigenvalue weighted by atomic mass is 10.1. The quantitative estimate of drug-likeness (QED) is 0.849. The van der Waals surface area contributed by atoms with E-state index in [0.29, 0.717) is 6.54 Å². The molecule has 0 aromatic carbocycles. The van der Waals surface area contributed by atoms with Gasteiger partial charge in [-0.15, -0.1) is 0 Å². The lowest BCUT2D eigenvalue weighted by molar-refractivity contribution is 0.358. The van der Waals surface area contributed by atoms with Crippen LogP contribution in [0.1, 0.15) is 30.4 Å². The highest BCUT2D eigenvalue weighted by molar-refractivity contribution is 7.86. The number of rotatable bonds is 4. The predicted octanol–water partition coefficient (Wildman–Crippen LogP) is 1.52. The fraction of sp³-hybridized carbons (Fsp3) is 0.467. The average molecular weight is 335 g/mol. The molecule has 3 heterocycles. The van der Waals surface area contributed by atoms with Crippen LogP contribution < -0.4 is 0 Å². The normalized spacial score (nSPS) is 19.6. The van der Waals surface area contributed by atoms with Crippen LogP contribution in [-0.2, 0) is 10.2 Å². The van der Waals surface area contributed by atoms with Gasteiger partial charge in [-0.2, -0.15) is 17.0 Å². The van der Waals surface area contributed by atoms with Crippen molar-refractivity contribution < 1.29 is 8.42 Å². The van der Waals surface area contributed by atoms with Gasteiger partial charge >= 0.3 is 0 Å². The van der Waals surface area contributed by atoms with Crippen LogP contribution in [-0.4, -0.2) is 52.2 Å². The Balaban J connectivity index is 1.97. The van der Waals surface area contributed by atoms with E-state index >= 15 is 0 Å². The van der Waals surface area contributed by atoms with Gasteiger partial charge in [0.2, 0.25) is 0 Å². The minimum Gasteiger partial charge on any atom is -0.288 e. The maximum atomic E-state index is 12.5. The van der Waals surface area contributed by atoms with Crippen molar-refractivity contribution in [2.24, 2.45) is 0 Å². The van der Waals surface area contributed by atoms with Crippen LogP contribution in [0.15, 0.2) is 30.6 Å². The molecule has 0 unspecified atom stereocenters. The van der Waals surface area contributed by atoms with Crippen molar-refractivity contribution in [2.75, 3.05) is 20.6 Å². The fourth-order valence-electron chi connectivity index (χ4n) is 2.90. The predicted molar refractivity (Wildman–Crippen MR) is 87.4 cm³/mol. The van der Waals surface area contributed by atoms with Gasteiger partial charge in [0.15, 0.2) is 0 Å². The zero-order valence-electron chi connectivity index (χ0n) is 13.5. The van der Waals surface area contributed by atoms with Gasteiger partial charge in [0.25, 0.3) is 10.2 Å². The molecule has 0 saturated carbocycles. The zero-order valence-corrected chi connectivity index (χ0v) is 14.4. The minimum absolute atomic E-state index is 0.217. The van der Waals surface area contributed by atoms with Gasteiger partial charge in [-0.3, -0.25) is 4.57 Å². The number of imidazole rings is 1. The molecule has 0 aliphatic carbocycles. The topological polar surface area (TPSA) is 71.3 Å². The van der Waals surface area contributed by atoms with Crippen molar-refractivity contribution in [3.63, 3.8) is 0 Å². The molecule has 2 aromatic rings. The average Bonchev–Trinajstić information content (AvgIpc) is 3.16. The zero-order chi connectivity index (χ0) is 16.6. The number of aryl methyl sites for hydroxylation is 1. The Bertz CT molecular complexity index is 800. The summed E-state index contributed by atoms with van der Waals surface area (Å²) >= 11 is 0. The maximum Gasteiger partial charge on any atom is 0.282 e. The first-order valence-corrected chi connectivity index (χ1v) is 8.97. The second-order valence-corrected chi connectivity index (χ2v) is 7.92. The van der Waals surface area contributed by atoms with E-state index in [1.54, 1.807) is 24.6 Å². The molecule has 0 N–H and O–H groups in total. The van der Waals surface area contributed by atoms with E-state index in [-0.39, 0.29) is 6.04 Å². The molecule has 0 radical (unpaired) electrons. The minimum atomic E-state index is -3.44. The molecule has 0 bridgehead atoms. The van der Waals surface area contributed by atoms with Crippen LogP contribution in [0.25, 0.3) is 5.82 Å². The lowest BCUT2D eigenvalue weighted by Gasteiger charge is -2.26. The van der Waals surface area contributed by atoms with Crippen molar-refractivity contribution in [3.8, 4) is 5.82 Å². The Morgan fingerprint density at radius 3 is 2.74 bits per heavy atom. The number of hydrogen-bond acceptors (Lipinski definition) is 4. The Morgan fingerprint density at radius 2 is 2.09 bits per heavy atom. The molecule has 0 spiro atoms. The van der Waals surface area contributed by atoms with Gasteiger partial charge in [0.1, 0.15) is 11.6 Å². The van der Waals surface area contributed by atoms with Gasteiger partial charge < -0.3 is 0 Å². The Hall–Kier alpha value is -1.77. The standard InChI is InChI=1S/C15H21N5O2S/c1-12-16-9-11-19(12)15-8-4-6-13(17-15)14-7-5-10-20(14)23(21,22)18(2)3/h4,6,8-9,11,14H,5,7,10H2,1-3H3/t14-/m0/s1. The van der Waals surface area contributed by atoms with Crippen LogP contribution in [0.3, 0.4) is 0 Å². The summed E-state index contributed by atoms with van der Waals surface area (Å²) in [5.41, 5.74) is 0.776. The third kappa shape index (κ3) is 2.89. The maximum absolute atomic E-state index is 12.5. The highest BCUT2D eigenvalue weighted by Gasteiger charge is 2.37. The molecule has 1 fully saturated rings. The second-order valence-electron chi connectivity index (χ2n) is 5.82. The molecule has 1 aliphatic heterocycles. The van der Waals surface area contributed by atoms with Gasteiger partial charge in [-0.05, 0) is 31.9 Å². The highest BCUT2D eigenvalue weighted by atomic mass is 32.2. The molecule has 3 rings (SSSR count). The van der Waals surface area contributed by atoms with E-state index in [1.807, 2.05) is 35.9 Å². The van der Waals surface area contributed by atoms with Crippen molar-refractivity contribution in [1.82, 2.24) is 23.1 Å². The molecular formula is C15H21N5O2S. The first-order chi connectivity index (χ1) is 10.9. The Morgan fingerprint density at radius 1 is 1.30 bits per heavy atom. The summed E-state index contributed by atoms with van der Waals surface area (Å²) in [7, 11) is -0.323. The largest absolute Gasteiger partial charge is 0.288 e.